The van der Waals surface area contributed by atoms with E-state index < -0.39 is 0 Å². The fraction of sp³-hybridized carbons (Fsp3) is 0.333. The fourth-order valence-corrected chi connectivity index (χ4v) is 5.01. The zero-order valence-electron chi connectivity index (χ0n) is 18.8. The minimum absolute atomic E-state index is 0.147. The van der Waals surface area contributed by atoms with E-state index in [-0.39, 0.29) is 16.7 Å². The predicted octanol–water partition coefficient (Wildman–Crippen LogP) is 3.65. The monoisotopic (exact) mass is 475 g/mol. The number of aromatic amines is 1. The summed E-state index contributed by atoms with van der Waals surface area (Å²) in [6.07, 6.45) is 5.26. The minimum Gasteiger partial charge on any atom is -0.335 e. The zero-order valence-corrected chi connectivity index (χ0v) is 19.7. The molecule has 1 unspecified atom stereocenters. The summed E-state index contributed by atoms with van der Waals surface area (Å²) < 4.78 is 1.89. The second-order valence-electron chi connectivity index (χ2n) is 8.28. The highest BCUT2D eigenvalue weighted by Gasteiger charge is 2.24. The molecule has 1 aliphatic rings. The van der Waals surface area contributed by atoms with Crippen molar-refractivity contribution in [3.63, 3.8) is 0 Å². The molecule has 1 amide bonds. The molecule has 0 spiro atoms. The van der Waals surface area contributed by atoms with Crippen LogP contribution in [0.4, 0.5) is 0 Å². The largest absolute Gasteiger partial charge is 0.335 e. The van der Waals surface area contributed by atoms with Crippen LogP contribution in [0.5, 0.6) is 0 Å². The number of benzene rings is 1. The number of amides is 1. The molecule has 1 N–H and O–H groups in total. The fourth-order valence-electron chi connectivity index (χ4n) is 4.08. The van der Waals surface area contributed by atoms with Gasteiger partial charge >= 0.3 is 0 Å². The molecule has 4 heterocycles. The molecule has 5 rings (SSSR count). The number of hydrogen-bond acceptors (Lipinski definition) is 7. The third-order valence-electron chi connectivity index (χ3n) is 5.88. The van der Waals surface area contributed by atoms with Gasteiger partial charge in [0.15, 0.2) is 11.0 Å². The van der Waals surface area contributed by atoms with E-state index in [4.69, 9.17) is 0 Å². The summed E-state index contributed by atoms with van der Waals surface area (Å²) in [6.45, 7) is 3.06. The molecule has 1 atom stereocenters. The van der Waals surface area contributed by atoms with Crippen LogP contribution in [0.1, 0.15) is 49.5 Å². The molecule has 1 aromatic carbocycles. The first kappa shape index (κ1) is 22.3. The van der Waals surface area contributed by atoms with Gasteiger partial charge in [0.25, 0.3) is 5.56 Å². The highest BCUT2D eigenvalue weighted by molar-refractivity contribution is 7.99. The van der Waals surface area contributed by atoms with Gasteiger partial charge in [-0.3, -0.25) is 14.2 Å². The van der Waals surface area contributed by atoms with Gasteiger partial charge in [-0.1, -0.05) is 36.4 Å². The van der Waals surface area contributed by atoms with Crippen LogP contribution in [-0.2, 0) is 11.3 Å². The van der Waals surface area contributed by atoms with E-state index in [0.29, 0.717) is 46.5 Å². The zero-order chi connectivity index (χ0) is 23.5. The lowest BCUT2D eigenvalue weighted by atomic mass is 10.2. The number of nitrogens with zero attached hydrogens (tertiary/aromatic N) is 6. The maximum Gasteiger partial charge on any atom is 0.258 e. The number of pyridine rings is 1. The summed E-state index contributed by atoms with van der Waals surface area (Å²) >= 11 is 1.44. The Kier molecular flexibility index (Phi) is 6.39. The molecule has 34 heavy (non-hydrogen) atoms. The lowest BCUT2D eigenvalue weighted by Crippen LogP contribution is -2.31. The van der Waals surface area contributed by atoms with Gasteiger partial charge in [-0.05, 0) is 44.0 Å². The van der Waals surface area contributed by atoms with Crippen molar-refractivity contribution in [1.29, 1.82) is 0 Å². The van der Waals surface area contributed by atoms with Crippen LogP contribution in [0.25, 0.3) is 16.7 Å². The molecular formula is C24H25N7O2S. The number of rotatable bonds is 6. The number of para-hydroxylation sites is 1. The van der Waals surface area contributed by atoms with E-state index in [9.17, 15) is 9.59 Å². The lowest BCUT2D eigenvalue weighted by Gasteiger charge is -2.20. The van der Waals surface area contributed by atoms with E-state index in [0.717, 1.165) is 25.8 Å². The van der Waals surface area contributed by atoms with E-state index in [1.54, 1.807) is 12.3 Å². The average molecular weight is 476 g/mol. The van der Waals surface area contributed by atoms with Crippen LogP contribution in [0.15, 0.2) is 58.6 Å². The molecule has 0 radical (unpaired) electrons. The highest BCUT2D eigenvalue weighted by Crippen LogP contribution is 2.33. The molecule has 1 fully saturated rings. The van der Waals surface area contributed by atoms with Gasteiger partial charge in [0.2, 0.25) is 5.91 Å². The van der Waals surface area contributed by atoms with Crippen molar-refractivity contribution in [3.8, 4) is 5.82 Å². The number of carbonyl (C=O) groups excluding carboxylic acids is 1. The van der Waals surface area contributed by atoms with Crippen molar-refractivity contribution < 1.29 is 4.79 Å². The van der Waals surface area contributed by atoms with Crippen molar-refractivity contribution in [1.82, 2.24) is 34.6 Å². The van der Waals surface area contributed by atoms with Crippen LogP contribution < -0.4 is 5.56 Å². The molecular weight excluding hydrogens is 450 g/mol. The van der Waals surface area contributed by atoms with Crippen LogP contribution in [-0.4, -0.2) is 47.1 Å². The average Bonchev–Trinajstić information content (AvgIpc) is 3.13. The van der Waals surface area contributed by atoms with Crippen molar-refractivity contribution in [2.45, 2.75) is 49.6 Å². The maximum absolute atomic E-state index is 12.6. The Balaban J connectivity index is 1.48. The molecule has 1 aliphatic heterocycles. The number of thioether (sulfide) groups is 1. The normalized spacial score (nSPS) is 15.4. The van der Waals surface area contributed by atoms with E-state index in [2.05, 4.69) is 25.1 Å². The summed E-state index contributed by atoms with van der Waals surface area (Å²) in [5.74, 6) is 2.05. The van der Waals surface area contributed by atoms with E-state index in [1.165, 1.54) is 11.8 Å². The molecule has 10 heteroatoms. The maximum atomic E-state index is 12.6. The van der Waals surface area contributed by atoms with Crippen LogP contribution in [0, 0.1) is 0 Å². The van der Waals surface area contributed by atoms with Gasteiger partial charge in [-0.2, -0.15) is 0 Å². The van der Waals surface area contributed by atoms with Gasteiger partial charge in [0, 0.05) is 19.2 Å². The number of aromatic nitrogens is 6. The van der Waals surface area contributed by atoms with Gasteiger partial charge in [0.05, 0.1) is 22.7 Å². The molecule has 0 aliphatic carbocycles. The van der Waals surface area contributed by atoms with E-state index >= 15 is 0 Å². The number of hydrogen-bond donors (Lipinski definition) is 1. The predicted molar refractivity (Wildman–Crippen MR) is 130 cm³/mol. The molecule has 0 bridgehead atoms. The van der Waals surface area contributed by atoms with Crippen molar-refractivity contribution in [3.05, 3.63) is 70.7 Å². The Labute approximate surface area is 200 Å². The Bertz CT molecular complexity index is 1370. The molecule has 9 nitrogen and oxygen atoms in total. The Morgan fingerprint density at radius 1 is 1.06 bits per heavy atom. The Morgan fingerprint density at radius 3 is 2.76 bits per heavy atom. The number of fused-ring (bicyclic) bond motifs is 1. The summed E-state index contributed by atoms with van der Waals surface area (Å²) in [4.78, 5) is 39.0. The van der Waals surface area contributed by atoms with Crippen molar-refractivity contribution >= 4 is 28.6 Å². The molecule has 0 saturated carbocycles. The van der Waals surface area contributed by atoms with Crippen LogP contribution in [0.3, 0.4) is 0 Å². The summed E-state index contributed by atoms with van der Waals surface area (Å²) in [5.41, 5.74) is 0.486. The van der Waals surface area contributed by atoms with E-state index in [1.807, 2.05) is 52.8 Å². The first-order chi connectivity index (χ1) is 16.6. The van der Waals surface area contributed by atoms with Gasteiger partial charge < -0.3 is 9.88 Å². The minimum atomic E-state index is -0.198. The van der Waals surface area contributed by atoms with Gasteiger partial charge in [-0.25, -0.2) is 9.97 Å². The van der Waals surface area contributed by atoms with Gasteiger partial charge in [0.1, 0.15) is 11.6 Å². The van der Waals surface area contributed by atoms with Crippen LogP contribution >= 0.6 is 11.8 Å². The molecule has 3 aromatic heterocycles. The number of H-pyrrole nitrogens is 1. The van der Waals surface area contributed by atoms with Gasteiger partial charge in [-0.15, -0.1) is 10.2 Å². The number of nitrogens with one attached hydrogen (secondary N) is 1. The topological polar surface area (TPSA) is 110 Å². The second-order valence-corrected chi connectivity index (χ2v) is 9.58. The smallest absolute Gasteiger partial charge is 0.258 e. The molecule has 4 aromatic rings. The molecule has 174 valence electrons. The molecule has 1 saturated heterocycles. The third kappa shape index (κ3) is 4.58. The summed E-state index contributed by atoms with van der Waals surface area (Å²) in [7, 11) is 0. The summed E-state index contributed by atoms with van der Waals surface area (Å²) in [6, 6.07) is 12.9. The number of carbonyl (C=O) groups is 1. The first-order valence-electron chi connectivity index (χ1n) is 11.4. The summed E-state index contributed by atoms with van der Waals surface area (Å²) in [5, 5.41) is 9.85. The lowest BCUT2D eigenvalue weighted by molar-refractivity contribution is -0.131. The quantitative estimate of drug-likeness (QED) is 0.424. The third-order valence-corrected chi connectivity index (χ3v) is 6.93. The number of likely N-dealkylation sites (tertiary alicyclic amines) is 1. The first-order valence-corrected chi connectivity index (χ1v) is 12.3. The van der Waals surface area contributed by atoms with Crippen LogP contribution in [0.2, 0.25) is 0 Å². The highest BCUT2D eigenvalue weighted by atomic mass is 32.2. The Morgan fingerprint density at radius 2 is 1.91 bits per heavy atom. The SMILES string of the molecule is CC(Sc1nnc(CN2CCCCCC2=O)n1-c1ccccn1)c1nc2ccccc2c(=O)[nH]1. The van der Waals surface area contributed by atoms with Crippen molar-refractivity contribution in [2.24, 2.45) is 0 Å². The van der Waals surface area contributed by atoms with Crippen molar-refractivity contribution in [2.75, 3.05) is 6.54 Å². The standard InChI is InChI=1S/C24H25N7O2S/c1-16(22-26-18-10-5-4-9-17(18)23(33)27-22)34-24-29-28-20(31(24)19-11-6-7-13-25-19)15-30-14-8-2-3-12-21(30)32/h4-7,9-11,13,16H,2-3,8,12,14-15H2,1H3,(H,26,27,33). The second kappa shape index (κ2) is 9.76. The Hall–Kier alpha value is -3.53.